The highest BCUT2D eigenvalue weighted by Crippen LogP contribution is 2.25. The van der Waals surface area contributed by atoms with Gasteiger partial charge in [0.05, 0.1) is 12.2 Å². The Labute approximate surface area is 116 Å². The zero-order chi connectivity index (χ0) is 13.3. The molecule has 1 aliphatic heterocycles. The zero-order valence-corrected chi connectivity index (χ0v) is 11.1. The Kier molecular flexibility index (Phi) is 5.39. The molecule has 4 atom stereocenters. The third-order valence-electron chi connectivity index (χ3n) is 3.04. The van der Waals surface area contributed by atoms with Crippen LogP contribution in [-0.2, 0) is 4.74 Å². The van der Waals surface area contributed by atoms with Gasteiger partial charge in [0, 0.05) is 6.07 Å². The molecule has 0 amide bonds. The number of halogens is 1. The zero-order valence-electron chi connectivity index (χ0n) is 10.3. The molecule has 19 heavy (non-hydrogen) atoms. The first-order valence-electron chi connectivity index (χ1n) is 5.69. The van der Waals surface area contributed by atoms with Crippen LogP contribution >= 0.6 is 0 Å². The molecule has 2 rings (SSSR count). The van der Waals surface area contributed by atoms with Crippen LogP contribution < -0.4 is 17.0 Å². The highest BCUT2D eigenvalue weighted by Gasteiger charge is 2.47. The minimum absolute atomic E-state index is 0. The van der Waals surface area contributed by atoms with E-state index in [2.05, 4.69) is 0 Å². The number of aliphatic hydroxyl groups excluding tert-OH is 3. The van der Waals surface area contributed by atoms with Gasteiger partial charge in [-0.3, -0.25) is 4.79 Å². The monoisotopic (exact) mass is 289 g/mol. The number of nitrogens with zero attached hydrogens (tertiary/aromatic N) is 1. The maximum absolute atomic E-state index is 11.3. The normalized spacial score (nSPS) is 29.9. The minimum Gasteiger partial charge on any atom is -1.00 e. The van der Waals surface area contributed by atoms with Crippen molar-refractivity contribution in [1.29, 1.82) is 0 Å². The number of aromatic nitrogens is 1. The number of pyridine rings is 1. The molecular weight excluding hydrogens is 274 g/mol. The first kappa shape index (κ1) is 16.0. The molecule has 106 valence electrons. The maximum Gasteiger partial charge on any atom is 0.292 e. The lowest BCUT2D eigenvalue weighted by atomic mass is 10.1. The largest absolute Gasteiger partial charge is 1.00 e. The lowest BCUT2D eigenvalue weighted by molar-refractivity contribution is -0.765. The Morgan fingerprint density at radius 1 is 1.42 bits per heavy atom. The van der Waals surface area contributed by atoms with Gasteiger partial charge in [-0.15, -0.1) is 0 Å². The third-order valence-corrected chi connectivity index (χ3v) is 3.04. The lowest BCUT2D eigenvalue weighted by Crippen LogP contribution is -3.00. The molecule has 1 unspecified atom stereocenters. The second kappa shape index (κ2) is 6.40. The van der Waals surface area contributed by atoms with Crippen molar-refractivity contribution in [2.75, 3.05) is 6.61 Å². The molecule has 1 fully saturated rings. The number of rotatable bonds is 3. The van der Waals surface area contributed by atoms with Gasteiger partial charge in [0.1, 0.15) is 12.2 Å². The number of hydrogen-bond donors (Lipinski definition) is 3. The second-order valence-electron chi connectivity index (χ2n) is 4.32. The fourth-order valence-corrected chi connectivity index (χ4v) is 1.99. The van der Waals surface area contributed by atoms with Gasteiger partial charge in [-0.2, -0.15) is 4.57 Å². The molecule has 1 saturated heterocycles. The summed E-state index contributed by atoms with van der Waals surface area (Å²) in [4.78, 5) is 11.3. The van der Waals surface area contributed by atoms with E-state index in [1.165, 1.54) is 11.5 Å². The summed E-state index contributed by atoms with van der Waals surface area (Å²) in [5, 5.41) is 28.5. The average molecular weight is 290 g/mol. The quantitative estimate of drug-likeness (QED) is 0.388. The van der Waals surface area contributed by atoms with Crippen LogP contribution in [0.15, 0.2) is 24.5 Å². The number of aliphatic hydroxyl groups is 3. The van der Waals surface area contributed by atoms with Crippen LogP contribution in [0.1, 0.15) is 23.5 Å². The van der Waals surface area contributed by atoms with Gasteiger partial charge < -0.3 is 32.5 Å². The van der Waals surface area contributed by atoms with Crippen molar-refractivity contribution in [1.82, 2.24) is 0 Å². The highest BCUT2D eigenvalue weighted by molar-refractivity contribution is 5.93. The number of carbonyl (C=O) groups is 1. The molecule has 0 bridgehead atoms. The van der Waals surface area contributed by atoms with E-state index >= 15 is 0 Å². The number of Topliss-reactive ketones (excluding diaryl/α,β-unsaturated/α-hetero) is 1. The smallest absolute Gasteiger partial charge is 0.292 e. The van der Waals surface area contributed by atoms with E-state index in [1.54, 1.807) is 24.5 Å². The maximum atomic E-state index is 11.3. The van der Waals surface area contributed by atoms with Crippen LogP contribution in [0.4, 0.5) is 0 Å². The van der Waals surface area contributed by atoms with Gasteiger partial charge in [0.25, 0.3) is 6.23 Å². The van der Waals surface area contributed by atoms with Crippen molar-refractivity contribution in [3.63, 3.8) is 0 Å². The fourth-order valence-electron chi connectivity index (χ4n) is 1.99. The first-order chi connectivity index (χ1) is 8.54. The van der Waals surface area contributed by atoms with Crippen molar-refractivity contribution in [2.24, 2.45) is 0 Å². The van der Waals surface area contributed by atoms with Crippen molar-refractivity contribution in [2.45, 2.75) is 31.5 Å². The molecule has 1 aromatic rings. The number of ketones is 1. The Morgan fingerprint density at radius 2 is 2.11 bits per heavy atom. The standard InChI is InChI=1S/C12H16NO5.ClH/c1-7(15)8-3-2-4-13(5-8)12-11(17)10(16)9(6-14)18-12;/h2-5,9-12,14,16-17H,6H2,1H3;1H/q+1;/p-1/t9-,10?,11+,12-;/m1./s1. The van der Waals surface area contributed by atoms with Crippen molar-refractivity contribution >= 4 is 5.78 Å². The van der Waals surface area contributed by atoms with Gasteiger partial charge in [-0.25, -0.2) is 0 Å². The van der Waals surface area contributed by atoms with Gasteiger partial charge in [0.2, 0.25) is 0 Å². The van der Waals surface area contributed by atoms with Gasteiger partial charge in [-0.1, -0.05) is 0 Å². The fraction of sp³-hybridized carbons (Fsp3) is 0.500. The Morgan fingerprint density at radius 3 is 2.63 bits per heavy atom. The summed E-state index contributed by atoms with van der Waals surface area (Å²) < 4.78 is 6.87. The van der Waals surface area contributed by atoms with Gasteiger partial charge >= 0.3 is 0 Å². The molecule has 0 aliphatic carbocycles. The third kappa shape index (κ3) is 3.10. The van der Waals surface area contributed by atoms with E-state index in [-0.39, 0.29) is 24.8 Å². The molecular formula is C12H16ClNO5. The minimum atomic E-state index is -1.14. The van der Waals surface area contributed by atoms with Crippen LogP contribution in [0, 0.1) is 0 Å². The van der Waals surface area contributed by atoms with Crippen molar-refractivity contribution < 1.29 is 41.8 Å². The van der Waals surface area contributed by atoms with E-state index in [0.717, 1.165) is 0 Å². The van der Waals surface area contributed by atoms with Crippen LogP contribution in [0.25, 0.3) is 0 Å². The predicted octanol–water partition coefficient (Wildman–Crippen LogP) is -4.21. The molecule has 0 spiro atoms. The average Bonchev–Trinajstić information content (AvgIpc) is 2.66. The van der Waals surface area contributed by atoms with E-state index in [0.29, 0.717) is 5.56 Å². The molecule has 0 aromatic carbocycles. The summed E-state index contributed by atoms with van der Waals surface area (Å²) in [6, 6.07) is 3.31. The van der Waals surface area contributed by atoms with E-state index in [9.17, 15) is 15.0 Å². The molecule has 1 aliphatic rings. The van der Waals surface area contributed by atoms with Gasteiger partial charge in [0.15, 0.2) is 24.3 Å². The van der Waals surface area contributed by atoms with Crippen molar-refractivity contribution in [3.05, 3.63) is 30.1 Å². The number of carbonyl (C=O) groups excluding carboxylic acids is 1. The Bertz CT molecular complexity index is 456. The summed E-state index contributed by atoms with van der Waals surface area (Å²) in [5.74, 6) is -0.101. The van der Waals surface area contributed by atoms with Gasteiger partial charge in [-0.05, 0) is 13.0 Å². The van der Waals surface area contributed by atoms with Crippen LogP contribution in [-0.4, -0.2) is 46.0 Å². The SMILES string of the molecule is CC(=O)c1ccc[n+]([C@@H]2O[C@H](CO)C(O)[C@@H]2O)c1.[Cl-]. The molecule has 0 radical (unpaired) electrons. The van der Waals surface area contributed by atoms with Crippen molar-refractivity contribution in [3.8, 4) is 0 Å². The summed E-state index contributed by atoms with van der Waals surface area (Å²) in [6.45, 7) is 1.07. The number of hydrogen-bond acceptors (Lipinski definition) is 5. The van der Waals surface area contributed by atoms with Crippen LogP contribution in [0.5, 0.6) is 0 Å². The van der Waals surface area contributed by atoms with E-state index < -0.39 is 24.5 Å². The van der Waals surface area contributed by atoms with Crippen LogP contribution in [0.2, 0.25) is 0 Å². The lowest BCUT2D eigenvalue weighted by Gasteiger charge is -2.09. The van der Waals surface area contributed by atoms with Crippen LogP contribution in [0.3, 0.4) is 0 Å². The molecule has 3 N–H and O–H groups in total. The summed E-state index contributed by atoms with van der Waals surface area (Å²) in [7, 11) is 0. The predicted molar refractivity (Wildman–Crippen MR) is 59.7 cm³/mol. The molecule has 2 heterocycles. The summed E-state index contributed by atoms with van der Waals surface area (Å²) in [6.07, 6.45) is -0.743. The molecule has 0 saturated carbocycles. The topological polar surface area (TPSA) is 90.9 Å². The Hall–Kier alpha value is -1.05. The second-order valence-corrected chi connectivity index (χ2v) is 4.32. The van der Waals surface area contributed by atoms with E-state index in [4.69, 9.17) is 9.84 Å². The Balaban J connectivity index is 0.00000180. The molecule has 6 nitrogen and oxygen atoms in total. The molecule has 1 aromatic heterocycles. The van der Waals surface area contributed by atoms with E-state index in [1.807, 2.05) is 0 Å². The summed E-state index contributed by atoms with van der Waals surface area (Å²) in [5.41, 5.74) is 0.482. The first-order valence-corrected chi connectivity index (χ1v) is 5.69. The number of ether oxygens (including phenoxy) is 1. The highest BCUT2D eigenvalue weighted by atomic mass is 35.5. The summed E-state index contributed by atoms with van der Waals surface area (Å²) >= 11 is 0. The molecule has 7 heteroatoms.